The Morgan fingerprint density at radius 2 is 2.06 bits per heavy atom. The highest BCUT2D eigenvalue weighted by atomic mass is 15.3. The minimum Gasteiger partial charge on any atom is -0.382 e. The van der Waals surface area contributed by atoms with Crippen LogP contribution in [-0.4, -0.2) is 32.8 Å². The second-order valence-electron chi connectivity index (χ2n) is 4.51. The van der Waals surface area contributed by atoms with E-state index in [0.29, 0.717) is 11.9 Å². The first-order valence-corrected chi connectivity index (χ1v) is 6.14. The lowest BCUT2D eigenvalue weighted by Crippen LogP contribution is -2.35. The van der Waals surface area contributed by atoms with Crippen LogP contribution in [0.1, 0.15) is 18.9 Å². The van der Waals surface area contributed by atoms with Crippen LogP contribution in [0.5, 0.6) is 0 Å². The first kappa shape index (κ1) is 11.0. The van der Waals surface area contributed by atoms with Crippen LogP contribution in [0.25, 0.3) is 0 Å². The molecule has 6 heteroatoms. The van der Waals surface area contributed by atoms with Crippen LogP contribution < -0.4 is 10.6 Å². The molecule has 94 valence electrons. The van der Waals surface area contributed by atoms with Crippen LogP contribution in [0, 0.1) is 0 Å². The van der Waals surface area contributed by atoms with Gasteiger partial charge in [-0.1, -0.05) is 0 Å². The standard InChI is InChI=1S/C12H16N6/c13-11-4-8-18(16-11)10-2-6-17(7-3-10)12-1-5-14-9-15-12/h1,4-5,8-10H,2-3,6-7H2,(H2,13,16). The first-order valence-electron chi connectivity index (χ1n) is 6.14. The summed E-state index contributed by atoms with van der Waals surface area (Å²) in [7, 11) is 0. The number of nitrogens with zero attached hydrogens (tertiary/aromatic N) is 5. The van der Waals surface area contributed by atoms with Crippen LogP contribution in [0.2, 0.25) is 0 Å². The highest BCUT2D eigenvalue weighted by molar-refractivity contribution is 5.36. The van der Waals surface area contributed by atoms with Gasteiger partial charge in [-0.2, -0.15) is 5.10 Å². The van der Waals surface area contributed by atoms with Crippen LogP contribution in [-0.2, 0) is 0 Å². The number of rotatable bonds is 2. The van der Waals surface area contributed by atoms with E-state index in [1.807, 2.05) is 23.0 Å². The minimum absolute atomic E-state index is 0.445. The summed E-state index contributed by atoms with van der Waals surface area (Å²) in [6.45, 7) is 1.98. The number of aromatic nitrogens is 4. The summed E-state index contributed by atoms with van der Waals surface area (Å²) in [6, 6.07) is 4.24. The van der Waals surface area contributed by atoms with E-state index < -0.39 is 0 Å². The van der Waals surface area contributed by atoms with Gasteiger partial charge in [-0.15, -0.1) is 0 Å². The van der Waals surface area contributed by atoms with Gasteiger partial charge >= 0.3 is 0 Å². The van der Waals surface area contributed by atoms with E-state index in [2.05, 4.69) is 20.0 Å². The van der Waals surface area contributed by atoms with Crippen molar-refractivity contribution in [2.24, 2.45) is 0 Å². The van der Waals surface area contributed by atoms with Crippen molar-refractivity contribution in [1.29, 1.82) is 0 Å². The summed E-state index contributed by atoms with van der Waals surface area (Å²) in [5.41, 5.74) is 5.64. The molecule has 0 amide bonds. The smallest absolute Gasteiger partial charge is 0.145 e. The number of hydrogen-bond acceptors (Lipinski definition) is 5. The SMILES string of the molecule is Nc1ccn(C2CCN(c3ccncn3)CC2)n1. The molecule has 2 aromatic heterocycles. The second-order valence-corrected chi connectivity index (χ2v) is 4.51. The predicted octanol–water partition coefficient (Wildman–Crippen LogP) is 1.10. The summed E-state index contributed by atoms with van der Waals surface area (Å²) in [5.74, 6) is 1.59. The molecule has 2 N–H and O–H groups in total. The molecule has 0 bridgehead atoms. The molecule has 0 radical (unpaired) electrons. The average molecular weight is 244 g/mol. The Labute approximate surface area is 105 Å². The molecule has 3 rings (SSSR count). The monoisotopic (exact) mass is 244 g/mol. The molecule has 0 saturated carbocycles. The van der Waals surface area contributed by atoms with Crippen LogP contribution >= 0.6 is 0 Å². The van der Waals surface area contributed by atoms with Gasteiger partial charge in [0, 0.05) is 25.5 Å². The molecule has 1 fully saturated rings. The van der Waals surface area contributed by atoms with Crippen molar-refractivity contribution in [2.45, 2.75) is 18.9 Å². The molecule has 1 aliphatic rings. The Morgan fingerprint density at radius 1 is 1.22 bits per heavy atom. The van der Waals surface area contributed by atoms with Crippen LogP contribution in [0.15, 0.2) is 30.9 Å². The molecule has 3 heterocycles. The Morgan fingerprint density at radius 3 is 2.67 bits per heavy atom. The van der Waals surface area contributed by atoms with E-state index in [4.69, 9.17) is 5.73 Å². The molecule has 0 aromatic carbocycles. The Balaban J connectivity index is 1.65. The minimum atomic E-state index is 0.445. The molecule has 18 heavy (non-hydrogen) atoms. The van der Waals surface area contributed by atoms with Crippen molar-refractivity contribution < 1.29 is 0 Å². The molecule has 0 spiro atoms. The number of piperidine rings is 1. The zero-order valence-electron chi connectivity index (χ0n) is 10.1. The zero-order valence-corrected chi connectivity index (χ0v) is 10.1. The van der Waals surface area contributed by atoms with E-state index in [0.717, 1.165) is 31.7 Å². The van der Waals surface area contributed by atoms with Gasteiger partial charge in [-0.25, -0.2) is 9.97 Å². The Kier molecular flexibility index (Phi) is 2.84. The fraction of sp³-hybridized carbons (Fsp3) is 0.417. The number of hydrogen-bond donors (Lipinski definition) is 1. The van der Waals surface area contributed by atoms with E-state index in [-0.39, 0.29) is 0 Å². The molecular weight excluding hydrogens is 228 g/mol. The number of anilines is 2. The van der Waals surface area contributed by atoms with Gasteiger partial charge in [0.2, 0.25) is 0 Å². The lowest BCUT2D eigenvalue weighted by Gasteiger charge is -2.32. The van der Waals surface area contributed by atoms with Gasteiger partial charge in [-0.05, 0) is 25.0 Å². The lowest BCUT2D eigenvalue weighted by atomic mass is 10.1. The largest absolute Gasteiger partial charge is 0.382 e. The summed E-state index contributed by atoms with van der Waals surface area (Å²) >= 11 is 0. The van der Waals surface area contributed by atoms with Crippen molar-refractivity contribution >= 4 is 11.6 Å². The van der Waals surface area contributed by atoms with Gasteiger partial charge in [0.25, 0.3) is 0 Å². The summed E-state index contributed by atoms with van der Waals surface area (Å²) in [6.07, 6.45) is 7.45. The topological polar surface area (TPSA) is 72.9 Å². The van der Waals surface area contributed by atoms with Crippen molar-refractivity contribution in [1.82, 2.24) is 19.7 Å². The molecule has 0 atom stereocenters. The number of nitrogen functional groups attached to an aromatic ring is 1. The highest BCUT2D eigenvalue weighted by Gasteiger charge is 2.21. The van der Waals surface area contributed by atoms with Crippen LogP contribution in [0.4, 0.5) is 11.6 Å². The summed E-state index contributed by atoms with van der Waals surface area (Å²) in [5, 5.41) is 4.28. The Hall–Kier alpha value is -2.11. The van der Waals surface area contributed by atoms with Gasteiger partial charge in [-0.3, -0.25) is 4.68 Å². The van der Waals surface area contributed by atoms with Crippen molar-refractivity contribution in [3.8, 4) is 0 Å². The third-order valence-corrected chi connectivity index (χ3v) is 3.36. The first-order chi connectivity index (χ1) is 8.83. The molecule has 1 aliphatic heterocycles. The molecule has 0 aliphatic carbocycles. The fourth-order valence-corrected chi connectivity index (χ4v) is 2.39. The molecule has 1 saturated heterocycles. The van der Waals surface area contributed by atoms with E-state index >= 15 is 0 Å². The third-order valence-electron chi connectivity index (χ3n) is 3.36. The van der Waals surface area contributed by atoms with Gasteiger partial charge in [0.15, 0.2) is 0 Å². The highest BCUT2D eigenvalue weighted by Crippen LogP contribution is 2.24. The molecule has 2 aromatic rings. The van der Waals surface area contributed by atoms with Crippen molar-refractivity contribution in [3.05, 3.63) is 30.9 Å². The third kappa shape index (κ3) is 2.13. The Bertz CT molecular complexity index is 500. The van der Waals surface area contributed by atoms with Crippen molar-refractivity contribution in [3.63, 3.8) is 0 Å². The second kappa shape index (κ2) is 4.64. The molecule has 0 unspecified atom stereocenters. The predicted molar refractivity (Wildman–Crippen MR) is 69.2 cm³/mol. The van der Waals surface area contributed by atoms with E-state index in [9.17, 15) is 0 Å². The van der Waals surface area contributed by atoms with E-state index in [1.54, 1.807) is 12.5 Å². The maximum Gasteiger partial charge on any atom is 0.145 e. The number of nitrogens with two attached hydrogens (primary N) is 1. The fourth-order valence-electron chi connectivity index (χ4n) is 2.39. The lowest BCUT2D eigenvalue weighted by molar-refractivity contribution is 0.366. The van der Waals surface area contributed by atoms with Gasteiger partial charge < -0.3 is 10.6 Å². The van der Waals surface area contributed by atoms with Crippen molar-refractivity contribution in [2.75, 3.05) is 23.7 Å². The maximum absolute atomic E-state index is 5.64. The zero-order chi connectivity index (χ0) is 12.4. The van der Waals surface area contributed by atoms with Crippen LogP contribution in [0.3, 0.4) is 0 Å². The van der Waals surface area contributed by atoms with Gasteiger partial charge in [0.1, 0.15) is 18.0 Å². The van der Waals surface area contributed by atoms with Gasteiger partial charge in [0.05, 0.1) is 6.04 Å². The molecular formula is C12H16N6. The summed E-state index contributed by atoms with van der Waals surface area (Å²) < 4.78 is 1.98. The normalized spacial score (nSPS) is 17.0. The molecule has 6 nitrogen and oxygen atoms in total. The average Bonchev–Trinajstić information content (AvgIpc) is 2.87. The quantitative estimate of drug-likeness (QED) is 0.856. The van der Waals surface area contributed by atoms with E-state index in [1.165, 1.54) is 0 Å². The summed E-state index contributed by atoms with van der Waals surface area (Å²) in [4.78, 5) is 10.5. The maximum atomic E-state index is 5.64.